The fourth-order valence-corrected chi connectivity index (χ4v) is 1.19. The highest BCUT2D eigenvalue weighted by Crippen LogP contribution is 2.15. The van der Waals surface area contributed by atoms with Gasteiger partial charge in [0.15, 0.2) is 0 Å². The average Bonchev–Trinajstić information content (AvgIpc) is 2.37. The Morgan fingerprint density at radius 3 is 2.50 bits per heavy atom. The van der Waals surface area contributed by atoms with Gasteiger partial charge in [-0.25, -0.2) is 4.79 Å². The zero-order chi connectivity index (χ0) is 14.1. The normalized spacial score (nSPS) is 11.4. The SMILES string of the molecule is C=C(C#N)/C(=C/C=C(\C)C(=O)OC)C(=C)NCC. The van der Waals surface area contributed by atoms with Crippen LogP contribution < -0.4 is 5.32 Å². The smallest absolute Gasteiger partial charge is 0.333 e. The van der Waals surface area contributed by atoms with E-state index in [0.29, 0.717) is 23.4 Å². The van der Waals surface area contributed by atoms with Crippen LogP contribution >= 0.6 is 0 Å². The van der Waals surface area contributed by atoms with Crippen LogP contribution in [0.3, 0.4) is 0 Å². The molecule has 0 atom stereocenters. The van der Waals surface area contributed by atoms with E-state index in [1.165, 1.54) is 7.11 Å². The van der Waals surface area contributed by atoms with Gasteiger partial charge in [0.2, 0.25) is 0 Å². The van der Waals surface area contributed by atoms with Gasteiger partial charge in [0.05, 0.1) is 18.8 Å². The fraction of sp³-hybridized carbons (Fsp3) is 0.286. The number of allylic oxidation sites excluding steroid dienone is 3. The molecule has 0 aromatic carbocycles. The van der Waals surface area contributed by atoms with E-state index in [1.807, 2.05) is 13.0 Å². The first-order valence-corrected chi connectivity index (χ1v) is 5.47. The Kier molecular flexibility index (Phi) is 6.91. The summed E-state index contributed by atoms with van der Waals surface area (Å²) in [4.78, 5) is 11.2. The van der Waals surface area contributed by atoms with Gasteiger partial charge in [0.25, 0.3) is 0 Å². The number of nitrogens with zero attached hydrogens (tertiary/aromatic N) is 1. The monoisotopic (exact) mass is 246 g/mol. The van der Waals surface area contributed by atoms with E-state index in [-0.39, 0.29) is 5.57 Å². The predicted octanol–water partition coefficient (Wildman–Crippen LogP) is 2.24. The van der Waals surface area contributed by atoms with Crippen molar-refractivity contribution in [3.63, 3.8) is 0 Å². The molecule has 4 heteroatoms. The molecular weight excluding hydrogens is 228 g/mol. The van der Waals surface area contributed by atoms with Gasteiger partial charge < -0.3 is 10.1 Å². The molecule has 0 radical (unpaired) electrons. The van der Waals surface area contributed by atoms with E-state index in [9.17, 15) is 4.79 Å². The largest absolute Gasteiger partial charge is 0.466 e. The van der Waals surface area contributed by atoms with Gasteiger partial charge in [-0.1, -0.05) is 25.3 Å². The number of likely N-dealkylation sites (N-methyl/N-ethyl adjacent to an activating group) is 1. The minimum atomic E-state index is -0.415. The lowest BCUT2D eigenvalue weighted by atomic mass is 10.0. The molecule has 0 fully saturated rings. The number of hydrogen-bond acceptors (Lipinski definition) is 4. The molecule has 0 aromatic rings. The van der Waals surface area contributed by atoms with Crippen molar-refractivity contribution in [2.24, 2.45) is 0 Å². The molecule has 0 aromatic heterocycles. The van der Waals surface area contributed by atoms with Crippen molar-refractivity contribution < 1.29 is 9.53 Å². The van der Waals surface area contributed by atoms with Gasteiger partial charge in [-0.05, 0) is 13.8 Å². The summed E-state index contributed by atoms with van der Waals surface area (Å²) >= 11 is 0. The average molecular weight is 246 g/mol. The Morgan fingerprint density at radius 1 is 1.44 bits per heavy atom. The van der Waals surface area contributed by atoms with Crippen molar-refractivity contribution in [3.05, 3.63) is 47.7 Å². The van der Waals surface area contributed by atoms with Crippen LogP contribution in [-0.4, -0.2) is 19.6 Å². The highest BCUT2D eigenvalue weighted by atomic mass is 16.5. The van der Waals surface area contributed by atoms with E-state index in [1.54, 1.807) is 19.1 Å². The van der Waals surface area contributed by atoms with E-state index in [0.717, 1.165) is 0 Å². The lowest BCUT2D eigenvalue weighted by molar-refractivity contribution is -0.136. The second-order valence-electron chi connectivity index (χ2n) is 3.52. The van der Waals surface area contributed by atoms with Crippen LogP contribution in [0.1, 0.15) is 13.8 Å². The third-order valence-corrected chi connectivity index (χ3v) is 2.18. The number of nitrogens with one attached hydrogen (secondary N) is 1. The predicted molar refractivity (Wildman–Crippen MR) is 71.4 cm³/mol. The van der Waals surface area contributed by atoms with Gasteiger partial charge in [-0.2, -0.15) is 5.26 Å². The molecule has 0 bridgehead atoms. The van der Waals surface area contributed by atoms with E-state index >= 15 is 0 Å². The van der Waals surface area contributed by atoms with Crippen LogP contribution in [0.2, 0.25) is 0 Å². The number of nitriles is 1. The Morgan fingerprint density at radius 2 is 2.06 bits per heavy atom. The molecular formula is C14H18N2O2. The lowest BCUT2D eigenvalue weighted by Crippen LogP contribution is -2.13. The third-order valence-electron chi connectivity index (χ3n) is 2.18. The summed E-state index contributed by atoms with van der Waals surface area (Å²) in [5, 5.41) is 11.9. The molecule has 0 saturated heterocycles. The quantitative estimate of drug-likeness (QED) is 0.338. The summed E-state index contributed by atoms with van der Waals surface area (Å²) in [5.74, 6) is -0.415. The van der Waals surface area contributed by atoms with Crippen LogP contribution in [0.25, 0.3) is 0 Å². The number of hydrogen-bond donors (Lipinski definition) is 1. The summed E-state index contributed by atoms with van der Waals surface area (Å²) in [5.41, 5.74) is 1.89. The molecule has 4 nitrogen and oxygen atoms in total. The first-order chi connectivity index (χ1) is 8.47. The Balaban J connectivity index is 5.23. The maximum absolute atomic E-state index is 11.2. The zero-order valence-electron chi connectivity index (χ0n) is 11.0. The minimum absolute atomic E-state index is 0.287. The van der Waals surface area contributed by atoms with E-state index in [4.69, 9.17) is 5.26 Å². The first-order valence-electron chi connectivity index (χ1n) is 5.47. The maximum Gasteiger partial charge on any atom is 0.333 e. The minimum Gasteiger partial charge on any atom is -0.466 e. The number of carbonyl (C=O) groups excluding carboxylic acids is 1. The molecule has 0 saturated carbocycles. The highest BCUT2D eigenvalue weighted by Gasteiger charge is 2.06. The molecule has 0 aliphatic carbocycles. The van der Waals surface area contributed by atoms with E-state index < -0.39 is 5.97 Å². The molecule has 96 valence electrons. The summed E-state index contributed by atoms with van der Waals surface area (Å²) < 4.78 is 4.58. The zero-order valence-corrected chi connectivity index (χ0v) is 11.0. The van der Waals surface area contributed by atoms with Crippen molar-refractivity contribution in [3.8, 4) is 6.07 Å². The molecule has 0 spiro atoms. The molecule has 0 aliphatic heterocycles. The van der Waals surface area contributed by atoms with Gasteiger partial charge in [-0.15, -0.1) is 0 Å². The van der Waals surface area contributed by atoms with Crippen molar-refractivity contribution in [1.82, 2.24) is 5.32 Å². The molecule has 0 aliphatic rings. The summed E-state index contributed by atoms with van der Waals surface area (Å²) in [6.45, 7) is 11.7. The second-order valence-corrected chi connectivity index (χ2v) is 3.52. The molecule has 18 heavy (non-hydrogen) atoms. The van der Waals surface area contributed by atoms with Crippen LogP contribution in [0.15, 0.2) is 47.7 Å². The van der Waals surface area contributed by atoms with Crippen molar-refractivity contribution in [2.45, 2.75) is 13.8 Å². The number of rotatable bonds is 6. The first kappa shape index (κ1) is 15.7. The van der Waals surface area contributed by atoms with Crippen molar-refractivity contribution in [1.29, 1.82) is 5.26 Å². The van der Waals surface area contributed by atoms with Gasteiger partial charge in [-0.3, -0.25) is 0 Å². The van der Waals surface area contributed by atoms with Crippen molar-refractivity contribution >= 4 is 5.97 Å². The standard InChI is InChI=1S/C14H18N2O2/c1-6-16-12(4)13(11(3)9-15)8-7-10(2)14(17)18-5/h7-8,16H,3-4,6H2,1-2,5H3/b10-7+,13-8-. The maximum atomic E-state index is 11.2. The van der Waals surface area contributed by atoms with Gasteiger partial charge in [0, 0.05) is 23.4 Å². The van der Waals surface area contributed by atoms with Gasteiger partial charge >= 0.3 is 5.97 Å². The van der Waals surface area contributed by atoms with Crippen LogP contribution in [0, 0.1) is 11.3 Å². The Bertz CT molecular complexity index is 451. The Labute approximate surface area is 108 Å². The Hall–Kier alpha value is -2.28. The van der Waals surface area contributed by atoms with Gasteiger partial charge in [0.1, 0.15) is 0 Å². The topological polar surface area (TPSA) is 62.1 Å². The summed E-state index contributed by atoms with van der Waals surface area (Å²) in [6, 6.07) is 1.96. The number of esters is 1. The number of methoxy groups -OCH3 is 1. The number of ether oxygens (including phenoxy) is 1. The van der Waals surface area contributed by atoms with E-state index in [2.05, 4.69) is 23.2 Å². The molecule has 0 amide bonds. The lowest BCUT2D eigenvalue weighted by Gasteiger charge is -2.09. The van der Waals surface area contributed by atoms with Crippen LogP contribution in [0.4, 0.5) is 0 Å². The van der Waals surface area contributed by atoms with Crippen LogP contribution in [0.5, 0.6) is 0 Å². The molecule has 0 unspecified atom stereocenters. The second kappa shape index (κ2) is 7.91. The fourth-order valence-electron chi connectivity index (χ4n) is 1.19. The highest BCUT2D eigenvalue weighted by molar-refractivity contribution is 5.88. The number of carbonyl (C=O) groups is 1. The molecule has 0 rings (SSSR count). The summed E-state index contributed by atoms with van der Waals surface area (Å²) in [6.07, 6.45) is 3.20. The third kappa shape index (κ3) is 4.71. The molecule has 0 heterocycles. The summed E-state index contributed by atoms with van der Waals surface area (Å²) in [7, 11) is 1.32. The van der Waals surface area contributed by atoms with Crippen molar-refractivity contribution in [2.75, 3.05) is 13.7 Å². The molecule has 1 N–H and O–H groups in total. The van der Waals surface area contributed by atoms with Crippen LogP contribution in [-0.2, 0) is 9.53 Å².